The molecule has 1 aliphatic heterocycles. The van der Waals surface area contributed by atoms with E-state index in [4.69, 9.17) is 10.5 Å². The van der Waals surface area contributed by atoms with Crippen LogP contribution in [0.1, 0.15) is 25.0 Å². The molecule has 0 radical (unpaired) electrons. The van der Waals surface area contributed by atoms with E-state index in [0.29, 0.717) is 28.1 Å². The fourth-order valence-corrected chi connectivity index (χ4v) is 3.40. The summed E-state index contributed by atoms with van der Waals surface area (Å²) in [5.74, 6) is 0.293. The van der Waals surface area contributed by atoms with Crippen LogP contribution in [0.25, 0.3) is 11.3 Å². The fourth-order valence-electron chi connectivity index (χ4n) is 2.77. The van der Waals surface area contributed by atoms with Gasteiger partial charge in [-0.2, -0.15) is 0 Å². The molecular formula is C19H19NO4S. The van der Waals surface area contributed by atoms with E-state index < -0.39 is 15.4 Å². The quantitative estimate of drug-likeness (QED) is 0.854. The number of hydrogen-bond donors (Lipinski definition) is 1. The average molecular weight is 357 g/mol. The standard InChI is InChI=1S/C19H19NO4S/c1-19(2)18(21)16(13-5-4-6-14(20)11-13)17(24-19)12-7-9-15(10-8-12)25(3,22)23/h4-11H,20H2,1-3H3. The first-order chi connectivity index (χ1) is 11.6. The molecule has 2 N–H and O–H groups in total. The zero-order valence-corrected chi connectivity index (χ0v) is 15.1. The van der Waals surface area contributed by atoms with E-state index in [2.05, 4.69) is 0 Å². The van der Waals surface area contributed by atoms with Crippen molar-refractivity contribution in [2.24, 2.45) is 0 Å². The van der Waals surface area contributed by atoms with Gasteiger partial charge in [0, 0.05) is 17.5 Å². The number of benzene rings is 2. The maximum Gasteiger partial charge on any atom is 0.210 e. The van der Waals surface area contributed by atoms with Crippen LogP contribution >= 0.6 is 0 Å². The highest BCUT2D eigenvalue weighted by Crippen LogP contribution is 2.41. The zero-order chi connectivity index (χ0) is 18.4. The number of ether oxygens (including phenoxy) is 1. The highest BCUT2D eigenvalue weighted by atomic mass is 32.2. The van der Waals surface area contributed by atoms with E-state index in [-0.39, 0.29) is 10.7 Å². The van der Waals surface area contributed by atoms with Gasteiger partial charge in [-0.25, -0.2) is 8.42 Å². The molecule has 0 aliphatic carbocycles. The van der Waals surface area contributed by atoms with Crippen LogP contribution in [0.4, 0.5) is 5.69 Å². The molecule has 0 fully saturated rings. The van der Waals surface area contributed by atoms with Crippen molar-refractivity contribution >= 4 is 32.6 Å². The van der Waals surface area contributed by atoms with Crippen LogP contribution in [0.2, 0.25) is 0 Å². The Hall–Kier alpha value is -2.60. The smallest absolute Gasteiger partial charge is 0.210 e. The van der Waals surface area contributed by atoms with Crippen LogP contribution in [0.3, 0.4) is 0 Å². The van der Waals surface area contributed by atoms with Crippen LogP contribution in [0, 0.1) is 0 Å². The molecule has 1 heterocycles. The molecule has 0 unspecified atom stereocenters. The first-order valence-corrected chi connectivity index (χ1v) is 9.63. The minimum absolute atomic E-state index is 0.139. The summed E-state index contributed by atoms with van der Waals surface area (Å²) in [6, 6.07) is 13.4. The number of anilines is 1. The topological polar surface area (TPSA) is 86.5 Å². The molecule has 130 valence electrons. The van der Waals surface area contributed by atoms with Crippen molar-refractivity contribution in [3.05, 3.63) is 59.7 Å². The molecule has 2 aromatic rings. The van der Waals surface area contributed by atoms with Gasteiger partial charge in [0.05, 0.1) is 10.5 Å². The van der Waals surface area contributed by atoms with Crippen molar-refractivity contribution in [3.8, 4) is 0 Å². The van der Waals surface area contributed by atoms with Gasteiger partial charge in [-0.1, -0.05) is 12.1 Å². The van der Waals surface area contributed by atoms with Crippen LogP contribution < -0.4 is 5.73 Å². The molecule has 0 spiro atoms. The van der Waals surface area contributed by atoms with Crippen molar-refractivity contribution in [2.75, 3.05) is 12.0 Å². The van der Waals surface area contributed by atoms with Crippen molar-refractivity contribution < 1.29 is 17.9 Å². The molecule has 0 atom stereocenters. The van der Waals surface area contributed by atoms with Crippen LogP contribution in [-0.2, 0) is 19.4 Å². The highest BCUT2D eigenvalue weighted by molar-refractivity contribution is 7.90. The summed E-state index contributed by atoms with van der Waals surface area (Å²) >= 11 is 0. The van der Waals surface area contributed by atoms with Crippen molar-refractivity contribution in [1.82, 2.24) is 0 Å². The van der Waals surface area contributed by atoms with Gasteiger partial charge in [-0.3, -0.25) is 4.79 Å². The number of rotatable bonds is 3. The van der Waals surface area contributed by atoms with E-state index in [9.17, 15) is 13.2 Å². The molecule has 0 saturated carbocycles. The Morgan fingerprint density at radius 3 is 2.20 bits per heavy atom. The van der Waals surface area contributed by atoms with Gasteiger partial charge in [-0.05, 0) is 55.8 Å². The van der Waals surface area contributed by atoms with Gasteiger partial charge in [-0.15, -0.1) is 0 Å². The first-order valence-electron chi connectivity index (χ1n) is 7.74. The number of nitrogens with two attached hydrogens (primary N) is 1. The SMILES string of the molecule is CC1(C)OC(c2ccc(S(C)(=O)=O)cc2)=C(c2cccc(N)c2)C1=O. The number of Topliss-reactive ketones (excluding diaryl/α,β-unsaturated/α-hetero) is 1. The number of carbonyl (C=O) groups excluding carboxylic acids is 1. The predicted molar refractivity (Wildman–Crippen MR) is 97.4 cm³/mol. The maximum atomic E-state index is 12.8. The van der Waals surface area contributed by atoms with Gasteiger partial charge in [0.2, 0.25) is 5.78 Å². The Bertz CT molecular complexity index is 986. The lowest BCUT2D eigenvalue weighted by molar-refractivity contribution is -0.125. The Kier molecular flexibility index (Phi) is 3.95. The van der Waals surface area contributed by atoms with E-state index >= 15 is 0 Å². The lowest BCUT2D eigenvalue weighted by Crippen LogP contribution is -2.29. The molecule has 25 heavy (non-hydrogen) atoms. The van der Waals surface area contributed by atoms with Gasteiger partial charge >= 0.3 is 0 Å². The molecule has 0 aromatic heterocycles. The predicted octanol–water partition coefficient (Wildman–Crippen LogP) is 2.92. The molecule has 2 aromatic carbocycles. The Labute approximate surface area is 147 Å². The van der Waals surface area contributed by atoms with Gasteiger partial charge < -0.3 is 10.5 Å². The highest BCUT2D eigenvalue weighted by Gasteiger charge is 2.42. The number of hydrogen-bond acceptors (Lipinski definition) is 5. The molecule has 0 amide bonds. The van der Waals surface area contributed by atoms with E-state index in [1.807, 2.05) is 0 Å². The number of carbonyl (C=O) groups is 1. The summed E-state index contributed by atoms with van der Waals surface area (Å²) in [4.78, 5) is 13.0. The summed E-state index contributed by atoms with van der Waals surface area (Å²) in [5.41, 5.74) is 7.17. The minimum Gasteiger partial charge on any atom is -0.478 e. The van der Waals surface area contributed by atoms with Crippen molar-refractivity contribution in [3.63, 3.8) is 0 Å². The number of ketones is 1. The van der Waals surface area contributed by atoms with Crippen LogP contribution in [0.15, 0.2) is 53.4 Å². The maximum absolute atomic E-state index is 12.8. The molecule has 3 rings (SSSR count). The lowest BCUT2D eigenvalue weighted by atomic mass is 9.92. The zero-order valence-electron chi connectivity index (χ0n) is 14.2. The third-order valence-electron chi connectivity index (χ3n) is 4.08. The molecule has 1 aliphatic rings. The van der Waals surface area contributed by atoms with Gasteiger partial charge in [0.15, 0.2) is 15.4 Å². The second-order valence-corrected chi connectivity index (χ2v) is 8.58. The third-order valence-corrected chi connectivity index (χ3v) is 5.21. The Morgan fingerprint density at radius 1 is 1.00 bits per heavy atom. The first kappa shape index (κ1) is 17.2. The van der Waals surface area contributed by atoms with Gasteiger partial charge in [0.25, 0.3) is 0 Å². The molecular weight excluding hydrogens is 338 g/mol. The lowest BCUT2D eigenvalue weighted by Gasteiger charge is -2.17. The van der Waals surface area contributed by atoms with Crippen molar-refractivity contribution in [1.29, 1.82) is 0 Å². The Balaban J connectivity index is 2.17. The monoisotopic (exact) mass is 357 g/mol. The Morgan fingerprint density at radius 2 is 1.64 bits per heavy atom. The second kappa shape index (κ2) is 5.74. The number of sulfone groups is 1. The third kappa shape index (κ3) is 3.17. The van der Waals surface area contributed by atoms with E-state index in [1.54, 1.807) is 50.2 Å². The summed E-state index contributed by atoms with van der Waals surface area (Å²) < 4.78 is 29.2. The van der Waals surface area contributed by atoms with E-state index in [0.717, 1.165) is 6.26 Å². The molecule has 6 heteroatoms. The summed E-state index contributed by atoms with van der Waals surface area (Å²) in [6.45, 7) is 3.42. The molecule has 0 bridgehead atoms. The second-order valence-electron chi connectivity index (χ2n) is 6.57. The van der Waals surface area contributed by atoms with Crippen LogP contribution in [0.5, 0.6) is 0 Å². The van der Waals surface area contributed by atoms with Crippen molar-refractivity contribution in [2.45, 2.75) is 24.3 Å². The summed E-state index contributed by atoms with van der Waals surface area (Å²) in [7, 11) is -3.29. The van der Waals surface area contributed by atoms with Gasteiger partial charge in [0.1, 0.15) is 5.76 Å². The fraction of sp³-hybridized carbons (Fsp3) is 0.211. The van der Waals surface area contributed by atoms with Crippen LogP contribution in [-0.4, -0.2) is 26.1 Å². The van der Waals surface area contributed by atoms with E-state index in [1.165, 1.54) is 12.1 Å². The largest absolute Gasteiger partial charge is 0.478 e. The normalized spacial score (nSPS) is 16.8. The number of nitrogen functional groups attached to an aromatic ring is 1. The minimum atomic E-state index is -3.29. The average Bonchev–Trinajstić information content (AvgIpc) is 2.77. The summed E-state index contributed by atoms with van der Waals surface area (Å²) in [6.07, 6.45) is 1.15. The summed E-state index contributed by atoms with van der Waals surface area (Å²) in [5, 5.41) is 0. The molecule has 0 saturated heterocycles. The molecule has 5 nitrogen and oxygen atoms in total.